The van der Waals surface area contributed by atoms with Crippen LogP contribution in [0.25, 0.3) is 0 Å². The van der Waals surface area contributed by atoms with Crippen molar-refractivity contribution in [2.24, 2.45) is 17.8 Å². The summed E-state index contributed by atoms with van der Waals surface area (Å²) >= 11 is 6.24. The van der Waals surface area contributed by atoms with E-state index in [-0.39, 0.29) is 46.3 Å². The molecule has 0 aromatic heterocycles. The van der Waals surface area contributed by atoms with E-state index in [9.17, 15) is 41.7 Å². The highest BCUT2D eigenvalue weighted by molar-refractivity contribution is 7.92. The van der Waals surface area contributed by atoms with Crippen molar-refractivity contribution in [3.63, 3.8) is 0 Å². The molecule has 2 aromatic rings. The lowest BCUT2D eigenvalue weighted by atomic mass is 9.70. The first-order chi connectivity index (χ1) is 17.6. The van der Waals surface area contributed by atoms with Crippen LogP contribution < -0.4 is 5.32 Å². The van der Waals surface area contributed by atoms with Gasteiger partial charge in [-0.25, -0.2) is 21.6 Å². The Kier molecular flexibility index (Phi) is 7.90. The number of carbonyl (C=O) groups excluding carboxylic acids is 1. The summed E-state index contributed by atoms with van der Waals surface area (Å²) in [5.74, 6) is -6.46. The third kappa shape index (κ3) is 5.19. The van der Waals surface area contributed by atoms with E-state index in [1.165, 1.54) is 19.1 Å². The molecule has 2 bridgehead atoms. The second-order valence-electron chi connectivity index (χ2n) is 10.5. The number of aliphatic hydroxyl groups is 3. The number of halogens is 4. The molecule has 0 spiro atoms. The molecule has 4 N–H and O–H groups in total. The van der Waals surface area contributed by atoms with Gasteiger partial charge in [0.1, 0.15) is 0 Å². The van der Waals surface area contributed by atoms with E-state index < -0.39 is 68.1 Å². The van der Waals surface area contributed by atoms with Gasteiger partial charge in [-0.1, -0.05) is 18.5 Å². The Balaban J connectivity index is 1.59. The molecule has 2 saturated carbocycles. The lowest BCUT2D eigenvalue weighted by Gasteiger charge is -2.44. The molecule has 2 aliphatic carbocycles. The van der Waals surface area contributed by atoms with Crippen molar-refractivity contribution < 1.29 is 41.7 Å². The monoisotopic (exact) mass is 575 g/mol. The Morgan fingerprint density at radius 2 is 1.76 bits per heavy atom. The van der Waals surface area contributed by atoms with E-state index in [2.05, 4.69) is 5.32 Å². The van der Waals surface area contributed by atoms with Crippen molar-refractivity contribution in [2.45, 2.75) is 67.5 Å². The zero-order valence-electron chi connectivity index (χ0n) is 20.7. The number of sulfone groups is 1. The van der Waals surface area contributed by atoms with Crippen molar-refractivity contribution in [2.75, 3.05) is 5.32 Å². The van der Waals surface area contributed by atoms with E-state index in [0.29, 0.717) is 18.6 Å². The standard InChI is InChI=1S/C26H29ClF3NO6S/c1-12-5-15-7-17(10-18(12)26(15,35)11-22(33)13(2)32)38(36,37)23-6-14(3-4-19(23)27)25(34)31-16-8-20(28)24(30)21(29)9-16/h3-4,6,8-9,12-13,15,17-18,22,32-33,35H,5,7,10-11H2,1-2H3,(H,31,34)/t12-,13?,15?,17+,18+,22?,26+/m0/s1. The van der Waals surface area contributed by atoms with Gasteiger partial charge in [0.25, 0.3) is 5.91 Å². The third-order valence-corrected chi connectivity index (χ3v) is 10.7. The quantitative estimate of drug-likeness (QED) is 0.369. The Bertz CT molecular complexity index is 1330. The first kappa shape index (κ1) is 28.8. The summed E-state index contributed by atoms with van der Waals surface area (Å²) in [7, 11) is -4.09. The summed E-state index contributed by atoms with van der Waals surface area (Å²) in [5, 5.41) is 32.6. The maximum Gasteiger partial charge on any atom is 0.255 e. The fourth-order valence-electron chi connectivity index (χ4n) is 6.00. The largest absolute Gasteiger partial charge is 0.391 e. The number of benzene rings is 2. The number of nitrogens with one attached hydrogen (secondary N) is 1. The zero-order chi connectivity index (χ0) is 28.2. The molecule has 2 aromatic carbocycles. The van der Waals surface area contributed by atoms with Gasteiger partial charge in [-0.05, 0) is 62.1 Å². The molecule has 4 rings (SSSR count). The molecular formula is C26H29ClF3NO6S. The summed E-state index contributed by atoms with van der Waals surface area (Å²) in [6, 6.07) is 4.74. The van der Waals surface area contributed by atoms with Crippen molar-refractivity contribution >= 4 is 33.0 Å². The van der Waals surface area contributed by atoms with Crippen LogP contribution in [0.4, 0.5) is 18.9 Å². The highest BCUT2D eigenvalue weighted by atomic mass is 35.5. The Hall–Kier alpha value is -2.18. The van der Waals surface area contributed by atoms with Crippen LogP contribution in [0, 0.1) is 35.2 Å². The van der Waals surface area contributed by atoms with Gasteiger partial charge in [0.2, 0.25) is 0 Å². The minimum Gasteiger partial charge on any atom is -0.391 e. The number of hydrogen-bond acceptors (Lipinski definition) is 6. The second kappa shape index (κ2) is 10.4. The zero-order valence-corrected chi connectivity index (χ0v) is 22.2. The fourth-order valence-corrected chi connectivity index (χ4v) is 8.37. The average molecular weight is 576 g/mol. The number of fused-ring (bicyclic) bond motifs is 2. The first-order valence-corrected chi connectivity index (χ1v) is 14.2. The Morgan fingerprint density at radius 1 is 1.13 bits per heavy atom. The van der Waals surface area contributed by atoms with Gasteiger partial charge in [0.05, 0.1) is 33.0 Å². The summed E-state index contributed by atoms with van der Waals surface area (Å²) < 4.78 is 67.7. The summed E-state index contributed by atoms with van der Waals surface area (Å²) in [6.45, 7) is 3.34. The number of anilines is 1. The van der Waals surface area contributed by atoms with Gasteiger partial charge >= 0.3 is 0 Å². The highest BCUT2D eigenvalue weighted by Gasteiger charge is 2.59. The van der Waals surface area contributed by atoms with Gasteiger partial charge in [0.15, 0.2) is 27.3 Å². The molecule has 0 aliphatic heterocycles. The summed E-state index contributed by atoms with van der Waals surface area (Å²) in [6.07, 6.45) is -1.52. The van der Waals surface area contributed by atoms with Gasteiger partial charge in [0, 0.05) is 29.8 Å². The summed E-state index contributed by atoms with van der Waals surface area (Å²) in [4.78, 5) is 12.4. The molecule has 3 unspecified atom stereocenters. The predicted molar refractivity (Wildman–Crippen MR) is 134 cm³/mol. The second-order valence-corrected chi connectivity index (χ2v) is 13.1. The molecule has 7 nitrogen and oxygen atoms in total. The van der Waals surface area contributed by atoms with Crippen LogP contribution >= 0.6 is 11.6 Å². The maximum absolute atomic E-state index is 13.7. The molecule has 2 fully saturated rings. The van der Waals surface area contributed by atoms with E-state index in [1.807, 2.05) is 6.92 Å². The minimum atomic E-state index is -4.09. The predicted octanol–water partition coefficient (Wildman–Crippen LogP) is 4.08. The van der Waals surface area contributed by atoms with E-state index in [4.69, 9.17) is 11.6 Å². The van der Waals surface area contributed by atoms with Crippen LogP contribution in [-0.2, 0) is 9.84 Å². The number of rotatable bonds is 7. The molecule has 7 atom stereocenters. The summed E-state index contributed by atoms with van der Waals surface area (Å²) in [5.41, 5.74) is -1.84. The molecule has 0 radical (unpaired) electrons. The molecule has 208 valence electrons. The smallest absolute Gasteiger partial charge is 0.255 e. The van der Waals surface area contributed by atoms with Crippen molar-refractivity contribution in [3.05, 3.63) is 58.4 Å². The van der Waals surface area contributed by atoms with Crippen LogP contribution in [0.3, 0.4) is 0 Å². The molecule has 1 amide bonds. The number of hydrogen-bond donors (Lipinski definition) is 4. The average Bonchev–Trinajstić information content (AvgIpc) is 2.95. The molecular weight excluding hydrogens is 547 g/mol. The van der Waals surface area contributed by atoms with Crippen molar-refractivity contribution in [3.8, 4) is 0 Å². The highest BCUT2D eigenvalue weighted by Crippen LogP contribution is 2.56. The van der Waals surface area contributed by atoms with Crippen molar-refractivity contribution in [1.29, 1.82) is 0 Å². The molecule has 0 saturated heterocycles. The van der Waals surface area contributed by atoms with Crippen LogP contribution in [0.1, 0.15) is 49.9 Å². The molecule has 0 heterocycles. The van der Waals surface area contributed by atoms with E-state index in [1.54, 1.807) is 0 Å². The minimum absolute atomic E-state index is 0.0181. The van der Waals surface area contributed by atoms with Crippen LogP contribution in [0.15, 0.2) is 35.2 Å². The fraction of sp³-hybridized carbons (Fsp3) is 0.500. The van der Waals surface area contributed by atoms with Gasteiger partial charge in [-0.2, -0.15) is 0 Å². The Labute approximate surface area is 223 Å². The Morgan fingerprint density at radius 3 is 2.34 bits per heavy atom. The normalized spacial score (nSPS) is 28.7. The molecule has 2 aliphatic rings. The van der Waals surface area contributed by atoms with E-state index >= 15 is 0 Å². The molecule has 38 heavy (non-hydrogen) atoms. The first-order valence-electron chi connectivity index (χ1n) is 12.2. The van der Waals surface area contributed by atoms with Crippen molar-refractivity contribution in [1.82, 2.24) is 0 Å². The van der Waals surface area contributed by atoms with Crippen LogP contribution in [0.5, 0.6) is 0 Å². The third-order valence-electron chi connectivity index (χ3n) is 8.03. The maximum atomic E-state index is 13.7. The van der Waals surface area contributed by atoms with Crippen LogP contribution in [-0.4, -0.2) is 52.7 Å². The molecule has 12 heteroatoms. The number of amides is 1. The topological polar surface area (TPSA) is 124 Å². The van der Waals surface area contributed by atoms with Gasteiger partial charge < -0.3 is 20.6 Å². The van der Waals surface area contributed by atoms with Gasteiger partial charge in [-0.3, -0.25) is 4.79 Å². The SMILES string of the molecule is CC(O)C(O)C[C@@]1(O)C2C[C@@H](S(=O)(=O)c3cc(C(=O)Nc4cc(F)c(F)c(F)c4)ccc3Cl)C[C@@H]1[C@@H](C)C2. The number of aliphatic hydroxyl groups excluding tert-OH is 2. The van der Waals surface area contributed by atoms with Gasteiger partial charge in [-0.15, -0.1) is 0 Å². The number of carbonyl (C=O) groups is 1. The lowest BCUT2D eigenvalue weighted by molar-refractivity contribution is -0.110. The lowest BCUT2D eigenvalue weighted by Crippen LogP contribution is -2.51. The van der Waals surface area contributed by atoms with E-state index in [0.717, 1.165) is 6.07 Å². The van der Waals surface area contributed by atoms with Crippen LogP contribution in [0.2, 0.25) is 5.02 Å².